The fourth-order valence-corrected chi connectivity index (χ4v) is 2.10. The first kappa shape index (κ1) is 13.5. The van der Waals surface area contributed by atoms with E-state index in [0.717, 1.165) is 0 Å². The molecule has 1 rings (SSSR count). The maximum atomic E-state index is 11.1. The number of aromatic amines is 1. The van der Waals surface area contributed by atoms with Gasteiger partial charge in [-0.1, -0.05) is 18.7 Å². The summed E-state index contributed by atoms with van der Waals surface area (Å²) in [5.74, 6) is 4.94. The highest BCUT2D eigenvalue weighted by Gasteiger charge is 2.09. The number of hydrogen-bond donors (Lipinski definition) is 4. The average molecular weight is 257 g/mol. The first-order valence-electron chi connectivity index (χ1n) is 5.04. The van der Waals surface area contributed by atoms with Gasteiger partial charge in [0.1, 0.15) is 5.82 Å². The van der Waals surface area contributed by atoms with Gasteiger partial charge in [0, 0.05) is 17.7 Å². The van der Waals surface area contributed by atoms with Crippen molar-refractivity contribution in [1.29, 1.82) is 0 Å². The Morgan fingerprint density at radius 2 is 2.41 bits per heavy atom. The number of nitrogens with one attached hydrogen (secondary N) is 2. The summed E-state index contributed by atoms with van der Waals surface area (Å²) >= 11 is 1.36. The predicted octanol–water partition coefficient (Wildman–Crippen LogP) is -0.397. The number of hydrogen-bond acceptors (Lipinski definition) is 6. The van der Waals surface area contributed by atoms with Gasteiger partial charge in [-0.25, -0.2) is 10.8 Å². The van der Waals surface area contributed by atoms with Crippen LogP contribution in [0.15, 0.2) is 16.0 Å². The highest BCUT2D eigenvalue weighted by molar-refractivity contribution is 7.99. The molecule has 0 bridgehead atoms. The van der Waals surface area contributed by atoms with Gasteiger partial charge >= 0.3 is 0 Å². The Labute approximate surface area is 102 Å². The number of carbonyl (C=O) groups is 1. The molecule has 17 heavy (non-hydrogen) atoms. The molecule has 0 aromatic carbocycles. The second kappa shape index (κ2) is 6.26. The van der Waals surface area contributed by atoms with Gasteiger partial charge in [-0.05, 0) is 6.42 Å². The molecule has 1 aromatic heterocycles. The summed E-state index contributed by atoms with van der Waals surface area (Å²) < 4.78 is 0. The number of hydrazine groups is 1. The van der Waals surface area contributed by atoms with Crippen molar-refractivity contribution >= 4 is 23.5 Å². The highest BCUT2D eigenvalue weighted by Crippen LogP contribution is 2.22. The van der Waals surface area contributed by atoms with E-state index < -0.39 is 0 Å². The Kier molecular flexibility index (Phi) is 4.98. The Hall–Kier alpha value is -1.54. The molecule has 1 atom stereocenters. The van der Waals surface area contributed by atoms with E-state index in [-0.39, 0.29) is 22.5 Å². The van der Waals surface area contributed by atoms with Crippen molar-refractivity contribution in [2.75, 3.05) is 5.73 Å². The Morgan fingerprint density at radius 3 is 3.00 bits per heavy atom. The zero-order valence-electron chi connectivity index (χ0n) is 9.40. The molecule has 1 aromatic rings. The van der Waals surface area contributed by atoms with Gasteiger partial charge in [0.25, 0.3) is 5.56 Å². The van der Waals surface area contributed by atoms with Crippen molar-refractivity contribution in [3.63, 3.8) is 0 Å². The monoisotopic (exact) mass is 257 g/mol. The molecule has 94 valence electrons. The van der Waals surface area contributed by atoms with E-state index in [4.69, 9.17) is 11.6 Å². The minimum atomic E-state index is -0.285. The van der Waals surface area contributed by atoms with Crippen molar-refractivity contribution in [1.82, 2.24) is 15.4 Å². The summed E-state index contributed by atoms with van der Waals surface area (Å²) in [6, 6.07) is 1.22. The zero-order valence-corrected chi connectivity index (χ0v) is 10.2. The van der Waals surface area contributed by atoms with Crippen LogP contribution in [0, 0.1) is 0 Å². The van der Waals surface area contributed by atoms with Crippen molar-refractivity contribution in [3.05, 3.63) is 16.4 Å². The maximum absolute atomic E-state index is 11.1. The van der Waals surface area contributed by atoms with E-state index >= 15 is 0 Å². The van der Waals surface area contributed by atoms with Crippen molar-refractivity contribution in [2.45, 2.75) is 30.2 Å². The van der Waals surface area contributed by atoms with Crippen LogP contribution in [-0.2, 0) is 4.79 Å². The van der Waals surface area contributed by atoms with Crippen LogP contribution in [-0.4, -0.2) is 21.1 Å². The van der Waals surface area contributed by atoms with Crippen LogP contribution in [0.2, 0.25) is 0 Å². The number of anilines is 1. The van der Waals surface area contributed by atoms with E-state index in [1.165, 1.54) is 17.8 Å². The highest BCUT2D eigenvalue weighted by atomic mass is 32.2. The van der Waals surface area contributed by atoms with E-state index in [1.807, 2.05) is 6.92 Å². The Morgan fingerprint density at radius 1 is 1.71 bits per heavy atom. The van der Waals surface area contributed by atoms with Crippen LogP contribution in [0.4, 0.5) is 5.82 Å². The van der Waals surface area contributed by atoms with Gasteiger partial charge < -0.3 is 10.7 Å². The summed E-state index contributed by atoms with van der Waals surface area (Å²) in [6.45, 7) is 1.93. The molecule has 0 aliphatic heterocycles. The van der Waals surface area contributed by atoms with Crippen LogP contribution < -0.4 is 22.6 Å². The number of rotatable bonds is 5. The van der Waals surface area contributed by atoms with Crippen LogP contribution in [0.1, 0.15) is 19.8 Å². The molecule has 0 saturated carbocycles. The molecular weight excluding hydrogens is 242 g/mol. The molecule has 8 heteroatoms. The van der Waals surface area contributed by atoms with Gasteiger partial charge in [0.05, 0.1) is 0 Å². The molecule has 0 saturated heterocycles. The molecule has 6 N–H and O–H groups in total. The zero-order chi connectivity index (χ0) is 12.8. The van der Waals surface area contributed by atoms with Crippen LogP contribution in [0.3, 0.4) is 0 Å². The number of nitrogen functional groups attached to an aromatic ring is 1. The number of carbonyl (C=O) groups excluding carboxylic acids is 1. The van der Waals surface area contributed by atoms with Crippen molar-refractivity contribution in [3.8, 4) is 0 Å². The van der Waals surface area contributed by atoms with E-state index in [1.54, 1.807) is 0 Å². The second-order valence-corrected chi connectivity index (χ2v) is 4.94. The standard InChI is InChI=1S/C9H15N5O2S/c1-5(2-3-7(15)14-11)17-9-12-6(10)4-8(16)13-9/h4-5H,2-3,11H2,1H3,(H,14,15)(H3,10,12,13,16). The van der Waals surface area contributed by atoms with Crippen LogP contribution >= 0.6 is 11.8 Å². The van der Waals surface area contributed by atoms with Gasteiger partial charge in [0.2, 0.25) is 5.91 Å². The Balaban J connectivity index is 2.53. The molecule has 0 aliphatic rings. The lowest BCUT2D eigenvalue weighted by atomic mass is 10.2. The van der Waals surface area contributed by atoms with Gasteiger partial charge in [-0.3, -0.25) is 15.0 Å². The number of thioether (sulfide) groups is 1. The van der Waals surface area contributed by atoms with Gasteiger partial charge in [-0.2, -0.15) is 0 Å². The largest absolute Gasteiger partial charge is 0.383 e. The predicted molar refractivity (Wildman–Crippen MR) is 66.2 cm³/mol. The molecule has 1 amide bonds. The molecule has 1 unspecified atom stereocenters. The minimum Gasteiger partial charge on any atom is -0.383 e. The SMILES string of the molecule is CC(CCC(=O)NN)Sc1nc(N)cc(=O)[nH]1. The van der Waals surface area contributed by atoms with Crippen molar-refractivity contribution < 1.29 is 4.79 Å². The number of nitrogens with zero attached hydrogens (tertiary/aromatic N) is 1. The van der Waals surface area contributed by atoms with Crippen LogP contribution in [0.5, 0.6) is 0 Å². The van der Waals surface area contributed by atoms with E-state index in [0.29, 0.717) is 18.0 Å². The summed E-state index contributed by atoms with van der Waals surface area (Å²) in [5.41, 5.74) is 7.23. The maximum Gasteiger partial charge on any atom is 0.253 e. The number of nitrogens with two attached hydrogens (primary N) is 2. The normalized spacial score (nSPS) is 12.1. The summed E-state index contributed by atoms with van der Waals surface area (Å²) in [4.78, 5) is 28.6. The lowest BCUT2D eigenvalue weighted by Crippen LogP contribution is -2.30. The fraction of sp³-hybridized carbons (Fsp3) is 0.444. The molecule has 7 nitrogen and oxygen atoms in total. The van der Waals surface area contributed by atoms with Crippen molar-refractivity contribution in [2.24, 2.45) is 5.84 Å². The van der Waals surface area contributed by atoms with Gasteiger partial charge in [0.15, 0.2) is 5.16 Å². The first-order chi connectivity index (χ1) is 8.01. The molecule has 1 heterocycles. The topological polar surface area (TPSA) is 127 Å². The number of amides is 1. The number of aromatic nitrogens is 2. The fourth-order valence-electron chi connectivity index (χ4n) is 1.17. The quantitative estimate of drug-likeness (QED) is 0.187. The third kappa shape index (κ3) is 4.87. The third-order valence-electron chi connectivity index (χ3n) is 1.99. The second-order valence-electron chi connectivity index (χ2n) is 3.51. The lowest BCUT2D eigenvalue weighted by Gasteiger charge is -2.09. The average Bonchev–Trinajstić information content (AvgIpc) is 2.24. The number of H-pyrrole nitrogens is 1. The molecule has 0 aliphatic carbocycles. The van der Waals surface area contributed by atoms with E-state index in [9.17, 15) is 9.59 Å². The molecule has 0 radical (unpaired) electrons. The van der Waals surface area contributed by atoms with E-state index in [2.05, 4.69) is 15.4 Å². The molecule has 0 fully saturated rings. The third-order valence-corrected chi connectivity index (χ3v) is 3.05. The minimum absolute atomic E-state index is 0.122. The summed E-state index contributed by atoms with van der Waals surface area (Å²) in [6.07, 6.45) is 0.962. The lowest BCUT2D eigenvalue weighted by molar-refractivity contribution is -0.121. The first-order valence-corrected chi connectivity index (χ1v) is 5.92. The van der Waals surface area contributed by atoms with Gasteiger partial charge in [-0.15, -0.1) is 0 Å². The summed E-state index contributed by atoms with van der Waals surface area (Å²) in [5, 5.41) is 0.577. The molecular formula is C9H15N5O2S. The Bertz CT molecular complexity index is 447. The summed E-state index contributed by atoms with van der Waals surface area (Å²) in [7, 11) is 0. The molecule has 0 spiro atoms. The smallest absolute Gasteiger partial charge is 0.253 e. The van der Waals surface area contributed by atoms with Crippen LogP contribution in [0.25, 0.3) is 0 Å².